The highest BCUT2D eigenvalue weighted by Gasteiger charge is 2.31. The van der Waals surface area contributed by atoms with Crippen LogP contribution in [0.15, 0.2) is 42.5 Å². The highest BCUT2D eigenvalue weighted by molar-refractivity contribution is 5.98. The van der Waals surface area contributed by atoms with Gasteiger partial charge in [-0.1, -0.05) is 37.8 Å². The van der Waals surface area contributed by atoms with E-state index in [2.05, 4.69) is 16.0 Å². The number of nitrogens with one attached hydrogen (secondary N) is 3. The van der Waals surface area contributed by atoms with E-state index in [-0.39, 0.29) is 23.7 Å². The largest absolute Gasteiger partial charge is 0.353 e. The topological polar surface area (TPSA) is 70.2 Å². The molecule has 0 spiro atoms. The van der Waals surface area contributed by atoms with Crippen molar-refractivity contribution in [2.45, 2.75) is 75.8 Å². The number of carbonyl (C=O) groups is 2. The average Bonchev–Trinajstić information content (AvgIpc) is 3.75. The van der Waals surface area contributed by atoms with Gasteiger partial charge in [0.15, 0.2) is 0 Å². The van der Waals surface area contributed by atoms with Gasteiger partial charge in [0.1, 0.15) is 11.9 Å². The van der Waals surface area contributed by atoms with Gasteiger partial charge >= 0.3 is 0 Å². The summed E-state index contributed by atoms with van der Waals surface area (Å²) in [6.45, 7) is 0. The third kappa shape index (κ3) is 5.73. The summed E-state index contributed by atoms with van der Waals surface area (Å²) in [6.07, 6.45) is 9.64. The number of hydrogen-bond acceptors (Lipinski definition) is 3. The quantitative estimate of drug-likeness (QED) is 0.480. The van der Waals surface area contributed by atoms with Gasteiger partial charge in [0.25, 0.3) is 5.91 Å². The minimum Gasteiger partial charge on any atom is -0.353 e. The highest BCUT2D eigenvalue weighted by Crippen LogP contribution is 2.41. The molecule has 0 heterocycles. The van der Waals surface area contributed by atoms with E-state index in [4.69, 9.17) is 0 Å². The average molecular weight is 450 g/mol. The Hall–Kier alpha value is -2.89. The van der Waals surface area contributed by atoms with Crippen LogP contribution in [0.1, 0.15) is 79.6 Å². The van der Waals surface area contributed by atoms with E-state index in [1.165, 1.54) is 18.9 Å². The molecule has 0 aliphatic heterocycles. The van der Waals surface area contributed by atoms with Crippen molar-refractivity contribution >= 4 is 23.2 Å². The molecule has 0 bridgehead atoms. The lowest BCUT2D eigenvalue weighted by atomic mass is 9.97. The second-order valence-corrected chi connectivity index (χ2v) is 9.91. The molecule has 3 N–H and O–H groups in total. The van der Waals surface area contributed by atoms with Gasteiger partial charge in [0.2, 0.25) is 5.91 Å². The summed E-state index contributed by atoms with van der Waals surface area (Å²) in [7, 11) is 0. The number of anilines is 2. The standard InChI is InChI=1S/C27H32FN3O2/c28-23-13-10-19(18-8-9-18)16-24(23)29-22-7-3-6-20(15-22)26(32)31-25(14-17-4-1-2-5-17)27(33)30-21-11-12-21/h3,6-7,10,13,15-18,21,25,29H,1-2,4-5,8-9,11-12,14H2,(H,30,33)(H,31,32)/t25-/m0/s1. The van der Waals surface area contributed by atoms with Crippen molar-refractivity contribution in [3.05, 3.63) is 59.4 Å². The lowest BCUT2D eigenvalue weighted by Gasteiger charge is -2.21. The third-order valence-corrected chi connectivity index (χ3v) is 7.03. The molecule has 3 fully saturated rings. The number of rotatable bonds is 9. The molecule has 0 radical (unpaired) electrons. The molecule has 5 rings (SSSR count). The molecule has 3 aliphatic rings. The summed E-state index contributed by atoms with van der Waals surface area (Å²) in [5.74, 6) is 0.338. The van der Waals surface area contributed by atoms with Crippen LogP contribution in [0.5, 0.6) is 0 Å². The minimum absolute atomic E-state index is 0.0778. The van der Waals surface area contributed by atoms with Gasteiger partial charge < -0.3 is 16.0 Å². The molecule has 0 aromatic heterocycles. The molecule has 2 amide bonds. The number of halogens is 1. The van der Waals surface area contributed by atoms with E-state index < -0.39 is 6.04 Å². The Kier molecular flexibility index (Phi) is 6.34. The molecule has 2 aromatic rings. The van der Waals surface area contributed by atoms with E-state index >= 15 is 0 Å². The fourth-order valence-corrected chi connectivity index (χ4v) is 4.78. The van der Waals surface area contributed by atoms with Gasteiger partial charge in [-0.25, -0.2) is 4.39 Å². The fourth-order valence-electron chi connectivity index (χ4n) is 4.78. The van der Waals surface area contributed by atoms with Crippen molar-refractivity contribution in [1.82, 2.24) is 10.6 Å². The van der Waals surface area contributed by atoms with Crippen LogP contribution in [0, 0.1) is 11.7 Å². The van der Waals surface area contributed by atoms with Gasteiger partial charge in [0, 0.05) is 17.3 Å². The Morgan fingerprint density at radius 1 is 0.970 bits per heavy atom. The highest BCUT2D eigenvalue weighted by atomic mass is 19.1. The summed E-state index contributed by atoms with van der Waals surface area (Å²) >= 11 is 0. The maximum absolute atomic E-state index is 14.4. The van der Waals surface area contributed by atoms with Crippen LogP contribution in [0.4, 0.5) is 15.8 Å². The number of hydrogen-bond donors (Lipinski definition) is 3. The molecule has 174 valence electrons. The Morgan fingerprint density at radius 3 is 2.48 bits per heavy atom. The Morgan fingerprint density at radius 2 is 1.76 bits per heavy atom. The first-order chi connectivity index (χ1) is 16.0. The van der Waals surface area contributed by atoms with Crippen molar-refractivity contribution in [3.63, 3.8) is 0 Å². The van der Waals surface area contributed by atoms with Gasteiger partial charge in [-0.3, -0.25) is 9.59 Å². The maximum atomic E-state index is 14.4. The SMILES string of the molecule is O=C(N[C@@H](CC1CCCC1)C(=O)NC1CC1)c1cccc(Nc2cc(C3CC3)ccc2F)c1. The predicted octanol–water partition coefficient (Wildman–Crippen LogP) is 5.40. The first kappa shape index (κ1) is 21.9. The molecule has 6 heteroatoms. The fraction of sp³-hybridized carbons (Fsp3) is 0.481. The van der Waals surface area contributed by atoms with Crippen LogP contribution in [0.25, 0.3) is 0 Å². The Bertz CT molecular complexity index is 1030. The molecule has 0 unspecified atom stereocenters. The van der Waals surface area contributed by atoms with Crippen molar-refractivity contribution in [1.29, 1.82) is 0 Å². The summed E-state index contributed by atoms with van der Waals surface area (Å²) in [5.41, 5.74) is 2.66. The smallest absolute Gasteiger partial charge is 0.252 e. The Labute approximate surface area is 194 Å². The van der Waals surface area contributed by atoms with E-state index in [1.54, 1.807) is 18.2 Å². The summed E-state index contributed by atoms with van der Waals surface area (Å²) in [4.78, 5) is 25.9. The molecule has 1 atom stereocenters. The predicted molar refractivity (Wildman–Crippen MR) is 127 cm³/mol. The molecule has 33 heavy (non-hydrogen) atoms. The van der Waals surface area contributed by atoms with Gasteiger partial charge in [0.05, 0.1) is 5.69 Å². The van der Waals surface area contributed by atoms with Crippen LogP contribution >= 0.6 is 0 Å². The van der Waals surface area contributed by atoms with Crippen LogP contribution < -0.4 is 16.0 Å². The summed E-state index contributed by atoms with van der Waals surface area (Å²) in [5, 5.41) is 9.15. The van der Waals surface area contributed by atoms with Gasteiger partial charge in [-0.05, 0) is 79.8 Å². The summed E-state index contributed by atoms with van der Waals surface area (Å²) in [6, 6.07) is 12.0. The zero-order valence-electron chi connectivity index (χ0n) is 18.9. The molecular formula is C27H32FN3O2. The van der Waals surface area contributed by atoms with Gasteiger partial charge in [-0.2, -0.15) is 0 Å². The maximum Gasteiger partial charge on any atom is 0.252 e. The van der Waals surface area contributed by atoms with Crippen LogP contribution in [-0.2, 0) is 4.79 Å². The van der Waals surface area contributed by atoms with Gasteiger partial charge in [-0.15, -0.1) is 0 Å². The van der Waals surface area contributed by atoms with Crippen molar-refractivity contribution < 1.29 is 14.0 Å². The van der Waals surface area contributed by atoms with Crippen LogP contribution in [-0.4, -0.2) is 23.9 Å². The zero-order chi connectivity index (χ0) is 22.8. The normalized spacial score (nSPS) is 19.2. The molecule has 3 aliphatic carbocycles. The molecule has 2 aromatic carbocycles. The molecule has 0 saturated heterocycles. The molecular weight excluding hydrogens is 417 g/mol. The molecule has 3 saturated carbocycles. The van der Waals surface area contributed by atoms with Crippen molar-refractivity contribution in [3.8, 4) is 0 Å². The monoisotopic (exact) mass is 449 g/mol. The Balaban J connectivity index is 1.27. The number of benzene rings is 2. The minimum atomic E-state index is -0.523. The molecule has 5 nitrogen and oxygen atoms in total. The van der Waals surface area contributed by atoms with Crippen molar-refractivity contribution in [2.75, 3.05) is 5.32 Å². The lowest BCUT2D eigenvalue weighted by molar-refractivity contribution is -0.123. The first-order valence-electron chi connectivity index (χ1n) is 12.3. The second kappa shape index (κ2) is 9.54. The summed E-state index contributed by atoms with van der Waals surface area (Å²) < 4.78 is 14.4. The third-order valence-electron chi connectivity index (χ3n) is 7.03. The van der Waals surface area contributed by atoms with Crippen LogP contribution in [0.3, 0.4) is 0 Å². The van der Waals surface area contributed by atoms with Crippen LogP contribution in [0.2, 0.25) is 0 Å². The lowest BCUT2D eigenvalue weighted by Crippen LogP contribution is -2.48. The zero-order valence-corrected chi connectivity index (χ0v) is 18.9. The van der Waals surface area contributed by atoms with E-state index in [1.807, 2.05) is 18.2 Å². The van der Waals surface area contributed by atoms with E-state index in [0.717, 1.165) is 44.1 Å². The second-order valence-electron chi connectivity index (χ2n) is 9.91. The van der Waals surface area contributed by atoms with Crippen molar-refractivity contribution in [2.24, 2.45) is 5.92 Å². The van der Waals surface area contributed by atoms with E-state index in [9.17, 15) is 14.0 Å². The van der Waals surface area contributed by atoms with E-state index in [0.29, 0.717) is 35.2 Å². The number of amides is 2. The first-order valence-corrected chi connectivity index (χ1v) is 12.3. The number of carbonyl (C=O) groups excluding carboxylic acids is 2.